The normalized spacial score (nSPS) is 11.5. The van der Waals surface area contributed by atoms with Crippen molar-refractivity contribution in [2.75, 3.05) is 11.4 Å². The third-order valence-corrected chi connectivity index (χ3v) is 3.09. The summed E-state index contributed by atoms with van der Waals surface area (Å²) >= 11 is 0. The summed E-state index contributed by atoms with van der Waals surface area (Å²) in [6.07, 6.45) is 3.66. The molecular weight excluding hydrogens is 238 g/mol. The van der Waals surface area contributed by atoms with Gasteiger partial charge in [0.2, 0.25) is 0 Å². The van der Waals surface area contributed by atoms with Gasteiger partial charge in [0.25, 0.3) is 0 Å². The van der Waals surface area contributed by atoms with Crippen molar-refractivity contribution >= 4 is 19.0 Å². The molecule has 0 aliphatic heterocycles. The zero-order valence-corrected chi connectivity index (χ0v) is 12.2. The lowest BCUT2D eigenvalue weighted by Gasteiger charge is -2.30. The van der Waals surface area contributed by atoms with Crippen molar-refractivity contribution in [3.8, 4) is 0 Å². The smallest absolute Gasteiger partial charge is 0.143 e. The number of benzene rings is 1. The lowest BCUT2D eigenvalue weighted by atomic mass is 9.95. The average molecular weight is 260 g/mol. The van der Waals surface area contributed by atoms with Crippen molar-refractivity contribution in [2.45, 2.75) is 26.8 Å². The van der Waals surface area contributed by atoms with Crippen LogP contribution in [-0.4, -0.2) is 20.4 Å². The molecule has 0 saturated carbocycles. The van der Waals surface area contributed by atoms with Crippen molar-refractivity contribution in [2.24, 2.45) is 0 Å². The van der Waals surface area contributed by atoms with E-state index < -0.39 is 0 Å². The second-order valence-electron chi connectivity index (χ2n) is 4.82. The summed E-state index contributed by atoms with van der Waals surface area (Å²) in [6, 6.07) is 5.65. The Kier molecular flexibility index (Phi) is 5.68. The van der Waals surface area contributed by atoms with Crippen molar-refractivity contribution < 1.29 is 4.39 Å². The van der Waals surface area contributed by atoms with Crippen molar-refractivity contribution in [3.63, 3.8) is 0 Å². The first-order valence-electron chi connectivity index (χ1n) is 6.55. The summed E-state index contributed by atoms with van der Waals surface area (Å²) in [5.74, 6) is -0.165. The molecule has 0 spiro atoms. The molecule has 2 nitrogen and oxygen atoms in total. The number of hydrogen-bond acceptors (Lipinski definition) is 2. The van der Waals surface area contributed by atoms with Gasteiger partial charge in [-0.15, -0.1) is 0 Å². The quantitative estimate of drug-likeness (QED) is 0.786. The van der Waals surface area contributed by atoms with E-state index in [4.69, 9.17) is 0 Å². The maximum Gasteiger partial charge on any atom is 0.143 e. The van der Waals surface area contributed by atoms with Gasteiger partial charge in [-0.05, 0) is 39.1 Å². The van der Waals surface area contributed by atoms with Crippen LogP contribution in [0, 0.1) is 5.82 Å². The molecule has 0 radical (unpaired) electrons. The zero-order chi connectivity index (χ0) is 14.4. The Bertz CT molecular complexity index is 469. The molecule has 0 aromatic heterocycles. The average Bonchev–Trinajstić information content (AvgIpc) is 2.37. The van der Waals surface area contributed by atoms with E-state index in [1.165, 1.54) is 0 Å². The first-order chi connectivity index (χ1) is 8.99. The number of hydrogen-bond donors (Lipinski definition) is 1. The van der Waals surface area contributed by atoms with Gasteiger partial charge in [-0.2, -0.15) is 0 Å². The highest BCUT2D eigenvalue weighted by Crippen LogP contribution is 2.18. The van der Waals surface area contributed by atoms with Gasteiger partial charge in [0, 0.05) is 17.4 Å². The lowest BCUT2D eigenvalue weighted by Crippen LogP contribution is -2.35. The van der Waals surface area contributed by atoms with Gasteiger partial charge in [0.05, 0.1) is 6.54 Å². The van der Waals surface area contributed by atoms with Crippen LogP contribution in [0.25, 0.3) is 0 Å². The Morgan fingerprint density at radius 3 is 2.68 bits per heavy atom. The Hall–Kier alpha value is -1.71. The maximum atomic E-state index is 13.7. The van der Waals surface area contributed by atoms with E-state index in [0.717, 1.165) is 11.4 Å². The Labute approximate surface area is 116 Å². The van der Waals surface area contributed by atoms with Gasteiger partial charge in [-0.25, -0.2) is 4.39 Å². The fourth-order valence-electron chi connectivity index (χ4n) is 1.87. The summed E-state index contributed by atoms with van der Waals surface area (Å²) < 4.78 is 13.7. The number of halogens is 1. The third-order valence-electron chi connectivity index (χ3n) is 3.09. The monoisotopic (exact) mass is 260 g/mol. The molecule has 0 unspecified atom stereocenters. The van der Waals surface area contributed by atoms with Crippen LogP contribution in [0.1, 0.15) is 20.8 Å². The third kappa shape index (κ3) is 4.16. The van der Waals surface area contributed by atoms with E-state index in [-0.39, 0.29) is 11.9 Å². The van der Waals surface area contributed by atoms with Gasteiger partial charge in [-0.3, -0.25) is 0 Å². The molecule has 0 saturated heterocycles. The molecule has 0 bridgehead atoms. The van der Waals surface area contributed by atoms with Crippen molar-refractivity contribution in [1.29, 1.82) is 0 Å². The number of allylic oxidation sites excluding steroid dienone is 1. The zero-order valence-electron chi connectivity index (χ0n) is 12.2. The molecular formula is C15H22BFN2. The van der Waals surface area contributed by atoms with E-state index in [1.54, 1.807) is 20.1 Å². The molecule has 1 N–H and O–H groups in total. The molecule has 0 atom stereocenters. The fraction of sp³-hybridized carbons (Fsp3) is 0.333. The summed E-state index contributed by atoms with van der Waals surface area (Å²) in [5.41, 5.74) is 2.61. The van der Waals surface area contributed by atoms with E-state index in [1.807, 2.05) is 25.1 Å². The van der Waals surface area contributed by atoms with Crippen molar-refractivity contribution in [3.05, 3.63) is 48.6 Å². The largest absolute Gasteiger partial charge is 0.364 e. The predicted octanol–water partition coefficient (Wildman–Crippen LogP) is 1.94. The molecule has 0 aliphatic carbocycles. The highest BCUT2D eigenvalue weighted by molar-refractivity contribution is 6.32. The summed E-state index contributed by atoms with van der Waals surface area (Å²) in [7, 11) is 1.77. The summed E-state index contributed by atoms with van der Waals surface area (Å²) in [6.45, 7) is 10.5. The minimum atomic E-state index is -0.165. The number of rotatable bonds is 6. The molecule has 0 heterocycles. The number of anilines is 1. The standard InChI is InChI=1S/C15H22BFN2/c1-5-12(18-6-2)10-19(11(3)4)13-7-8-14(16)15(17)9-13/h5-9,11,18H,2,10,16H2,1,3-4H3/b12-5-. The fourth-order valence-corrected chi connectivity index (χ4v) is 1.87. The number of nitrogens with one attached hydrogen (secondary N) is 1. The van der Waals surface area contributed by atoms with Gasteiger partial charge in [0.1, 0.15) is 13.7 Å². The first-order valence-corrected chi connectivity index (χ1v) is 6.55. The Morgan fingerprint density at radius 2 is 2.21 bits per heavy atom. The van der Waals surface area contributed by atoms with Crippen LogP contribution in [0.3, 0.4) is 0 Å². The van der Waals surface area contributed by atoms with Gasteiger partial charge >= 0.3 is 0 Å². The summed E-state index contributed by atoms with van der Waals surface area (Å²) in [4.78, 5) is 2.15. The van der Waals surface area contributed by atoms with Crippen LogP contribution >= 0.6 is 0 Å². The Balaban J connectivity index is 3.00. The van der Waals surface area contributed by atoms with Gasteiger partial charge in [0.15, 0.2) is 0 Å². The van der Waals surface area contributed by atoms with Crippen molar-refractivity contribution in [1.82, 2.24) is 5.32 Å². The highest BCUT2D eigenvalue weighted by Gasteiger charge is 2.13. The maximum absolute atomic E-state index is 13.7. The lowest BCUT2D eigenvalue weighted by molar-refractivity contribution is 0.631. The highest BCUT2D eigenvalue weighted by atomic mass is 19.1. The Morgan fingerprint density at radius 1 is 1.53 bits per heavy atom. The molecule has 1 rings (SSSR count). The van der Waals surface area contributed by atoms with Crippen LogP contribution in [0.4, 0.5) is 10.1 Å². The van der Waals surface area contributed by atoms with Crippen LogP contribution < -0.4 is 15.7 Å². The predicted molar refractivity (Wildman–Crippen MR) is 84.1 cm³/mol. The second kappa shape index (κ2) is 7.02. The molecule has 1 aromatic carbocycles. The molecule has 4 heteroatoms. The van der Waals surface area contributed by atoms with E-state index in [2.05, 4.69) is 30.6 Å². The molecule has 19 heavy (non-hydrogen) atoms. The van der Waals surface area contributed by atoms with Gasteiger partial charge in [-0.1, -0.05) is 24.2 Å². The topological polar surface area (TPSA) is 15.3 Å². The van der Waals surface area contributed by atoms with Crippen LogP contribution in [-0.2, 0) is 0 Å². The van der Waals surface area contributed by atoms with E-state index in [9.17, 15) is 4.39 Å². The van der Waals surface area contributed by atoms with Crippen LogP contribution in [0.15, 0.2) is 42.8 Å². The second-order valence-corrected chi connectivity index (χ2v) is 4.82. The number of nitrogens with zero attached hydrogens (tertiary/aromatic N) is 1. The molecule has 0 fully saturated rings. The minimum Gasteiger partial charge on any atom is -0.364 e. The van der Waals surface area contributed by atoms with E-state index in [0.29, 0.717) is 12.0 Å². The van der Waals surface area contributed by atoms with Gasteiger partial charge < -0.3 is 10.2 Å². The first kappa shape index (κ1) is 15.4. The molecule has 0 amide bonds. The molecule has 0 aliphatic rings. The van der Waals surface area contributed by atoms with Crippen LogP contribution in [0.5, 0.6) is 0 Å². The summed E-state index contributed by atoms with van der Waals surface area (Å²) in [5, 5.41) is 3.10. The van der Waals surface area contributed by atoms with Crippen LogP contribution in [0.2, 0.25) is 0 Å². The van der Waals surface area contributed by atoms with E-state index >= 15 is 0 Å². The SMILES string of the molecule is Bc1ccc(N(C/C(=C/C)NC=C)C(C)C)cc1F. The minimum absolute atomic E-state index is 0.165. The molecule has 1 aromatic rings. The molecule has 102 valence electrons.